The van der Waals surface area contributed by atoms with Crippen LogP contribution < -0.4 is 0 Å². The minimum atomic E-state index is 0.170. The molecule has 0 aliphatic carbocycles. The van der Waals surface area contributed by atoms with Gasteiger partial charge in [0.1, 0.15) is 5.75 Å². The molecular formula is C11H10Br2N4O. The molecule has 0 aliphatic rings. The molecule has 1 aromatic heterocycles. The molecule has 0 fully saturated rings. The second-order valence-electron chi connectivity index (χ2n) is 3.68. The SMILES string of the molecule is Cc1nnc(C)n1/N=C/c1cc(Br)c(O)c(Br)c1. The Morgan fingerprint density at radius 2 is 1.67 bits per heavy atom. The van der Waals surface area contributed by atoms with Gasteiger partial charge in [0.05, 0.1) is 15.2 Å². The van der Waals surface area contributed by atoms with Gasteiger partial charge in [-0.3, -0.25) is 0 Å². The van der Waals surface area contributed by atoms with Crippen molar-refractivity contribution >= 4 is 38.1 Å². The van der Waals surface area contributed by atoms with Gasteiger partial charge in [-0.15, -0.1) is 10.2 Å². The van der Waals surface area contributed by atoms with Gasteiger partial charge < -0.3 is 5.11 Å². The predicted molar refractivity (Wildman–Crippen MR) is 76.0 cm³/mol. The third kappa shape index (κ3) is 2.62. The molecule has 7 heteroatoms. The van der Waals surface area contributed by atoms with E-state index in [4.69, 9.17) is 0 Å². The van der Waals surface area contributed by atoms with Crippen molar-refractivity contribution in [1.82, 2.24) is 14.9 Å². The molecule has 0 aliphatic heterocycles. The normalized spacial score (nSPS) is 11.3. The first-order chi connectivity index (χ1) is 8.49. The van der Waals surface area contributed by atoms with Crippen LogP contribution >= 0.6 is 31.9 Å². The fraction of sp³-hybridized carbons (Fsp3) is 0.182. The monoisotopic (exact) mass is 372 g/mol. The Balaban J connectivity index is 2.35. The van der Waals surface area contributed by atoms with Crippen LogP contribution in [0.3, 0.4) is 0 Å². The van der Waals surface area contributed by atoms with E-state index in [2.05, 4.69) is 47.2 Å². The standard InChI is InChI=1S/C11H10Br2N4O/c1-6-15-16-7(2)17(6)14-5-8-3-9(12)11(18)10(13)4-8/h3-5,18H,1-2H3/b14-5+. The highest BCUT2D eigenvalue weighted by atomic mass is 79.9. The summed E-state index contributed by atoms with van der Waals surface area (Å²) in [6, 6.07) is 3.55. The van der Waals surface area contributed by atoms with E-state index in [1.54, 1.807) is 23.0 Å². The fourth-order valence-electron chi connectivity index (χ4n) is 1.41. The summed E-state index contributed by atoms with van der Waals surface area (Å²) in [4.78, 5) is 0. The molecule has 94 valence electrons. The number of nitrogens with zero attached hydrogens (tertiary/aromatic N) is 4. The maximum atomic E-state index is 9.61. The number of aromatic nitrogens is 3. The van der Waals surface area contributed by atoms with E-state index in [9.17, 15) is 5.11 Å². The quantitative estimate of drug-likeness (QED) is 0.823. The molecule has 18 heavy (non-hydrogen) atoms. The number of aromatic hydroxyl groups is 1. The van der Waals surface area contributed by atoms with Crippen LogP contribution in [0.15, 0.2) is 26.2 Å². The van der Waals surface area contributed by atoms with Gasteiger partial charge in [-0.25, -0.2) is 4.68 Å². The molecule has 0 atom stereocenters. The van der Waals surface area contributed by atoms with Crippen molar-refractivity contribution in [3.63, 3.8) is 0 Å². The van der Waals surface area contributed by atoms with Crippen molar-refractivity contribution in [3.8, 4) is 5.75 Å². The van der Waals surface area contributed by atoms with Crippen molar-refractivity contribution in [2.45, 2.75) is 13.8 Å². The Bertz CT molecular complexity index is 579. The maximum Gasteiger partial charge on any atom is 0.151 e. The lowest BCUT2D eigenvalue weighted by Gasteiger charge is -2.02. The van der Waals surface area contributed by atoms with E-state index in [0.717, 1.165) is 17.2 Å². The van der Waals surface area contributed by atoms with Crippen LogP contribution in [0.1, 0.15) is 17.2 Å². The van der Waals surface area contributed by atoms with Crippen LogP contribution in [0.25, 0.3) is 0 Å². The largest absolute Gasteiger partial charge is 0.506 e. The van der Waals surface area contributed by atoms with Crippen molar-refractivity contribution in [3.05, 3.63) is 38.3 Å². The molecular weight excluding hydrogens is 364 g/mol. The second-order valence-corrected chi connectivity index (χ2v) is 5.39. The summed E-state index contributed by atoms with van der Waals surface area (Å²) in [5.74, 6) is 1.62. The second kappa shape index (κ2) is 5.19. The number of benzene rings is 1. The van der Waals surface area contributed by atoms with Crippen LogP contribution in [0.2, 0.25) is 0 Å². The van der Waals surface area contributed by atoms with Gasteiger partial charge in [-0.05, 0) is 63.4 Å². The predicted octanol–water partition coefficient (Wildman–Crippen LogP) is 3.01. The lowest BCUT2D eigenvalue weighted by atomic mass is 10.2. The zero-order chi connectivity index (χ0) is 13.3. The highest BCUT2D eigenvalue weighted by molar-refractivity contribution is 9.11. The van der Waals surface area contributed by atoms with Crippen LogP contribution in [0.4, 0.5) is 0 Å². The molecule has 5 nitrogen and oxygen atoms in total. The lowest BCUT2D eigenvalue weighted by Crippen LogP contribution is -1.96. The third-order valence-corrected chi connectivity index (χ3v) is 3.52. The summed E-state index contributed by atoms with van der Waals surface area (Å²) < 4.78 is 2.86. The van der Waals surface area contributed by atoms with E-state index in [1.807, 2.05) is 13.8 Å². The molecule has 0 bridgehead atoms. The molecule has 0 amide bonds. The van der Waals surface area contributed by atoms with Crippen LogP contribution in [0.5, 0.6) is 5.75 Å². The average molecular weight is 374 g/mol. The van der Waals surface area contributed by atoms with Crippen molar-refractivity contribution in [2.75, 3.05) is 0 Å². The minimum absolute atomic E-state index is 0.170. The van der Waals surface area contributed by atoms with Crippen molar-refractivity contribution < 1.29 is 5.11 Å². The highest BCUT2D eigenvalue weighted by Crippen LogP contribution is 2.32. The number of rotatable bonds is 2. The Morgan fingerprint density at radius 1 is 1.17 bits per heavy atom. The van der Waals surface area contributed by atoms with Gasteiger partial charge in [0.25, 0.3) is 0 Å². The van der Waals surface area contributed by atoms with Gasteiger partial charge in [0.15, 0.2) is 11.6 Å². The zero-order valence-corrected chi connectivity index (χ0v) is 12.9. The van der Waals surface area contributed by atoms with Crippen LogP contribution in [0, 0.1) is 13.8 Å². The van der Waals surface area contributed by atoms with Crippen molar-refractivity contribution in [1.29, 1.82) is 0 Å². The van der Waals surface area contributed by atoms with Gasteiger partial charge in [-0.2, -0.15) is 5.10 Å². The van der Waals surface area contributed by atoms with Crippen molar-refractivity contribution in [2.24, 2.45) is 5.10 Å². The van der Waals surface area contributed by atoms with E-state index >= 15 is 0 Å². The molecule has 0 radical (unpaired) electrons. The maximum absolute atomic E-state index is 9.61. The molecule has 2 rings (SSSR count). The van der Waals surface area contributed by atoms with E-state index in [0.29, 0.717) is 8.95 Å². The molecule has 1 N–H and O–H groups in total. The summed E-state index contributed by atoms with van der Waals surface area (Å²) >= 11 is 6.54. The fourth-order valence-corrected chi connectivity index (χ4v) is 2.64. The minimum Gasteiger partial charge on any atom is -0.506 e. The Hall–Kier alpha value is -1.21. The van der Waals surface area contributed by atoms with Crippen LogP contribution in [-0.4, -0.2) is 26.2 Å². The number of phenols is 1. The Morgan fingerprint density at radius 3 is 2.17 bits per heavy atom. The number of hydrogen-bond donors (Lipinski definition) is 1. The molecule has 0 saturated carbocycles. The zero-order valence-electron chi connectivity index (χ0n) is 9.72. The number of halogens is 2. The molecule has 0 saturated heterocycles. The Labute approximate surface area is 121 Å². The van der Waals surface area contributed by atoms with Gasteiger partial charge in [0, 0.05) is 0 Å². The third-order valence-electron chi connectivity index (χ3n) is 2.31. The first kappa shape index (κ1) is 13.2. The van der Waals surface area contributed by atoms with Gasteiger partial charge >= 0.3 is 0 Å². The smallest absolute Gasteiger partial charge is 0.151 e. The molecule has 2 aromatic rings. The number of phenolic OH excluding ortho intramolecular Hbond substituents is 1. The van der Waals surface area contributed by atoms with Crippen LogP contribution in [-0.2, 0) is 0 Å². The number of aryl methyl sites for hydroxylation is 2. The number of hydrogen-bond acceptors (Lipinski definition) is 4. The summed E-state index contributed by atoms with van der Waals surface area (Å²) in [5.41, 5.74) is 0.846. The average Bonchev–Trinajstić information content (AvgIpc) is 2.63. The molecule has 1 aromatic carbocycles. The van der Waals surface area contributed by atoms with E-state index in [1.165, 1.54) is 0 Å². The molecule has 0 unspecified atom stereocenters. The molecule has 0 spiro atoms. The van der Waals surface area contributed by atoms with Gasteiger partial charge in [-0.1, -0.05) is 0 Å². The highest BCUT2D eigenvalue weighted by Gasteiger charge is 2.05. The summed E-state index contributed by atoms with van der Waals surface area (Å²) in [5, 5.41) is 21.7. The molecule has 1 heterocycles. The topological polar surface area (TPSA) is 63.3 Å². The summed E-state index contributed by atoms with van der Waals surface area (Å²) in [6.45, 7) is 3.67. The summed E-state index contributed by atoms with van der Waals surface area (Å²) in [7, 11) is 0. The Kier molecular flexibility index (Phi) is 3.82. The van der Waals surface area contributed by atoms with E-state index < -0.39 is 0 Å². The summed E-state index contributed by atoms with van der Waals surface area (Å²) in [6.07, 6.45) is 1.68. The first-order valence-corrected chi connectivity index (χ1v) is 6.68. The van der Waals surface area contributed by atoms with E-state index in [-0.39, 0.29) is 5.75 Å². The van der Waals surface area contributed by atoms with Gasteiger partial charge in [0.2, 0.25) is 0 Å². The first-order valence-electron chi connectivity index (χ1n) is 5.10. The lowest BCUT2D eigenvalue weighted by molar-refractivity contribution is 0.468.